The van der Waals surface area contributed by atoms with Gasteiger partial charge in [0.05, 0.1) is 7.11 Å². The van der Waals surface area contributed by atoms with E-state index in [1.54, 1.807) is 29.9 Å². The van der Waals surface area contributed by atoms with E-state index in [1.807, 2.05) is 6.07 Å². The number of amides is 1. The van der Waals surface area contributed by atoms with Crippen molar-refractivity contribution in [1.29, 1.82) is 0 Å². The van der Waals surface area contributed by atoms with Crippen LogP contribution in [0.3, 0.4) is 0 Å². The highest BCUT2D eigenvalue weighted by Crippen LogP contribution is 2.16. The maximum atomic E-state index is 12.3. The van der Waals surface area contributed by atoms with E-state index < -0.39 is 6.09 Å². The van der Waals surface area contributed by atoms with Crippen molar-refractivity contribution in [3.63, 3.8) is 0 Å². The minimum Gasteiger partial charge on any atom is -0.481 e. The molecular formula is C17H22N4O4. The monoisotopic (exact) mass is 346 g/mol. The number of pyridine rings is 2. The summed E-state index contributed by atoms with van der Waals surface area (Å²) in [5.74, 6) is 0.483. The Kier molecular flexibility index (Phi) is 5.18. The van der Waals surface area contributed by atoms with Crippen LogP contribution >= 0.6 is 0 Å². The average molecular weight is 346 g/mol. The van der Waals surface area contributed by atoms with Crippen LogP contribution in [0, 0.1) is 0 Å². The lowest BCUT2D eigenvalue weighted by atomic mass is 10.1. The van der Waals surface area contributed by atoms with E-state index in [9.17, 15) is 9.59 Å². The summed E-state index contributed by atoms with van der Waals surface area (Å²) in [6, 6.07) is 7.00. The largest absolute Gasteiger partial charge is 0.481 e. The molecule has 0 saturated carbocycles. The molecule has 134 valence electrons. The first-order chi connectivity index (χ1) is 12.1. The second-order valence-electron chi connectivity index (χ2n) is 6.07. The van der Waals surface area contributed by atoms with Crippen LogP contribution in [0.15, 0.2) is 29.1 Å². The van der Waals surface area contributed by atoms with Crippen LogP contribution in [-0.4, -0.2) is 53.4 Å². The molecule has 1 amide bonds. The highest BCUT2D eigenvalue weighted by Gasteiger charge is 2.21. The molecule has 2 aromatic heterocycles. The summed E-state index contributed by atoms with van der Waals surface area (Å²) >= 11 is 0. The number of ether oxygens (including phenoxy) is 2. The van der Waals surface area contributed by atoms with Crippen LogP contribution in [0.1, 0.15) is 12.8 Å². The molecule has 1 saturated heterocycles. The van der Waals surface area contributed by atoms with Gasteiger partial charge in [0.1, 0.15) is 11.8 Å². The number of likely N-dealkylation sites (tertiary alicyclic amines) is 1. The van der Waals surface area contributed by atoms with Crippen molar-refractivity contribution in [3.05, 3.63) is 34.6 Å². The molecule has 0 aromatic carbocycles. The number of methoxy groups -OCH3 is 1. The molecule has 8 nitrogen and oxygen atoms in total. The summed E-state index contributed by atoms with van der Waals surface area (Å²) in [6.07, 6.45) is 0.666. The fourth-order valence-corrected chi connectivity index (χ4v) is 3.13. The van der Waals surface area contributed by atoms with E-state index in [0.717, 1.165) is 37.9 Å². The smallest absolute Gasteiger partial charge is 0.404 e. The first-order valence-electron chi connectivity index (χ1n) is 8.30. The van der Waals surface area contributed by atoms with Crippen molar-refractivity contribution in [2.75, 3.05) is 26.7 Å². The summed E-state index contributed by atoms with van der Waals surface area (Å²) in [4.78, 5) is 29.7. The van der Waals surface area contributed by atoms with Crippen molar-refractivity contribution in [2.24, 2.45) is 5.73 Å². The lowest BCUT2D eigenvalue weighted by Gasteiger charge is -2.31. The number of aromatic nitrogens is 2. The van der Waals surface area contributed by atoms with Gasteiger partial charge in [-0.2, -0.15) is 4.98 Å². The van der Waals surface area contributed by atoms with Crippen LogP contribution in [0.25, 0.3) is 11.0 Å². The number of hydrogen-bond acceptors (Lipinski definition) is 6. The third kappa shape index (κ3) is 4.08. The van der Waals surface area contributed by atoms with Gasteiger partial charge in [-0.1, -0.05) is 0 Å². The Balaban J connectivity index is 1.68. The zero-order valence-electron chi connectivity index (χ0n) is 14.2. The average Bonchev–Trinajstić information content (AvgIpc) is 2.61. The maximum Gasteiger partial charge on any atom is 0.404 e. The van der Waals surface area contributed by atoms with Crippen LogP contribution in [-0.2, 0) is 11.3 Å². The van der Waals surface area contributed by atoms with E-state index >= 15 is 0 Å². The molecule has 3 rings (SSSR count). The molecule has 0 unspecified atom stereocenters. The molecule has 0 spiro atoms. The quantitative estimate of drug-likeness (QED) is 0.866. The van der Waals surface area contributed by atoms with E-state index in [2.05, 4.69) is 9.88 Å². The Morgan fingerprint density at radius 2 is 1.96 bits per heavy atom. The lowest BCUT2D eigenvalue weighted by Crippen LogP contribution is -2.40. The van der Waals surface area contributed by atoms with Gasteiger partial charge < -0.3 is 20.1 Å². The van der Waals surface area contributed by atoms with Crippen molar-refractivity contribution in [1.82, 2.24) is 14.5 Å². The fourth-order valence-electron chi connectivity index (χ4n) is 3.13. The Labute approximate surface area is 145 Å². The number of carbonyl (C=O) groups excluding carboxylic acids is 1. The lowest BCUT2D eigenvalue weighted by molar-refractivity contribution is 0.0553. The molecule has 1 fully saturated rings. The molecule has 3 heterocycles. The Bertz CT molecular complexity index is 812. The number of hydrogen-bond donors (Lipinski definition) is 1. The van der Waals surface area contributed by atoms with Gasteiger partial charge in [-0.3, -0.25) is 9.36 Å². The predicted molar refractivity (Wildman–Crippen MR) is 92.7 cm³/mol. The van der Waals surface area contributed by atoms with Gasteiger partial charge in [0, 0.05) is 43.7 Å². The molecule has 2 aromatic rings. The van der Waals surface area contributed by atoms with E-state index in [1.165, 1.54) is 0 Å². The Morgan fingerprint density at radius 1 is 1.24 bits per heavy atom. The van der Waals surface area contributed by atoms with Crippen LogP contribution in [0.2, 0.25) is 0 Å². The molecule has 25 heavy (non-hydrogen) atoms. The standard InChI is InChI=1S/C17H22N4O4/c1-24-14-4-2-12-3-5-15(22)21(16(12)19-14)11-10-20-8-6-13(7-9-20)25-17(18)23/h2-5,13H,6-11H2,1H3,(H2,18,23). The van der Waals surface area contributed by atoms with Crippen molar-refractivity contribution in [2.45, 2.75) is 25.5 Å². The number of rotatable bonds is 5. The molecular weight excluding hydrogens is 324 g/mol. The van der Waals surface area contributed by atoms with Gasteiger partial charge in [-0.15, -0.1) is 0 Å². The fraction of sp³-hybridized carbons (Fsp3) is 0.471. The zero-order chi connectivity index (χ0) is 17.8. The second kappa shape index (κ2) is 7.52. The normalized spacial score (nSPS) is 16.0. The third-order valence-corrected chi connectivity index (χ3v) is 4.47. The number of nitrogens with two attached hydrogens (primary N) is 1. The van der Waals surface area contributed by atoms with Crippen molar-refractivity contribution in [3.8, 4) is 5.88 Å². The van der Waals surface area contributed by atoms with Gasteiger partial charge in [0.2, 0.25) is 5.88 Å². The molecule has 0 bridgehead atoms. The highest BCUT2D eigenvalue weighted by atomic mass is 16.6. The number of primary amides is 1. The van der Waals surface area contributed by atoms with Gasteiger partial charge in [-0.05, 0) is 25.0 Å². The van der Waals surface area contributed by atoms with E-state index in [4.69, 9.17) is 15.2 Å². The topological polar surface area (TPSA) is 99.7 Å². The van der Waals surface area contributed by atoms with Crippen molar-refractivity contribution < 1.29 is 14.3 Å². The zero-order valence-corrected chi connectivity index (χ0v) is 14.2. The molecule has 0 atom stereocenters. The minimum atomic E-state index is -0.722. The number of nitrogens with zero attached hydrogens (tertiary/aromatic N) is 3. The maximum absolute atomic E-state index is 12.3. The summed E-state index contributed by atoms with van der Waals surface area (Å²) in [6.45, 7) is 2.86. The van der Waals surface area contributed by atoms with Crippen LogP contribution in [0.4, 0.5) is 4.79 Å². The Hall–Kier alpha value is -2.61. The molecule has 1 aliphatic rings. The SMILES string of the molecule is COc1ccc2ccc(=O)n(CCN3CCC(OC(N)=O)CC3)c2n1. The molecule has 8 heteroatoms. The third-order valence-electron chi connectivity index (χ3n) is 4.47. The number of carbonyl (C=O) groups is 1. The Morgan fingerprint density at radius 3 is 2.64 bits per heavy atom. The molecule has 1 aliphatic heterocycles. The van der Waals surface area contributed by atoms with Crippen LogP contribution < -0.4 is 16.0 Å². The van der Waals surface area contributed by atoms with E-state index in [-0.39, 0.29) is 11.7 Å². The summed E-state index contributed by atoms with van der Waals surface area (Å²) in [5, 5.41) is 0.897. The molecule has 0 aliphatic carbocycles. The van der Waals surface area contributed by atoms with Gasteiger partial charge in [0.15, 0.2) is 0 Å². The van der Waals surface area contributed by atoms with E-state index in [0.29, 0.717) is 18.1 Å². The first-order valence-corrected chi connectivity index (χ1v) is 8.30. The van der Waals surface area contributed by atoms with Gasteiger partial charge in [0.25, 0.3) is 5.56 Å². The summed E-state index contributed by atoms with van der Waals surface area (Å²) in [5.41, 5.74) is 5.60. The number of piperidine rings is 1. The summed E-state index contributed by atoms with van der Waals surface area (Å²) in [7, 11) is 1.55. The molecule has 0 radical (unpaired) electrons. The predicted octanol–water partition coefficient (Wildman–Crippen LogP) is 0.965. The van der Waals surface area contributed by atoms with Crippen LogP contribution in [0.5, 0.6) is 5.88 Å². The summed E-state index contributed by atoms with van der Waals surface area (Å²) < 4.78 is 11.9. The van der Waals surface area contributed by atoms with Gasteiger partial charge >= 0.3 is 6.09 Å². The number of fused-ring (bicyclic) bond motifs is 1. The second-order valence-corrected chi connectivity index (χ2v) is 6.07. The first kappa shape index (κ1) is 17.2. The highest BCUT2D eigenvalue weighted by molar-refractivity contribution is 5.75. The minimum absolute atomic E-state index is 0.0831. The molecule has 2 N–H and O–H groups in total. The van der Waals surface area contributed by atoms with Gasteiger partial charge in [-0.25, -0.2) is 4.79 Å². The van der Waals surface area contributed by atoms with Crippen molar-refractivity contribution >= 4 is 17.1 Å².